The van der Waals surface area contributed by atoms with E-state index in [1.165, 1.54) is 12.1 Å². The van der Waals surface area contributed by atoms with Crippen LogP contribution in [0.5, 0.6) is 0 Å². The van der Waals surface area contributed by atoms with Crippen molar-refractivity contribution in [3.63, 3.8) is 0 Å². The van der Waals surface area contributed by atoms with Gasteiger partial charge in [-0.2, -0.15) is 0 Å². The van der Waals surface area contributed by atoms with Gasteiger partial charge in [0.05, 0.1) is 5.69 Å². The zero-order valence-corrected chi connectivity index (χ0v) is 16.7. The molecule has 0 radical (unpaired) electrons. The first-order valence-corrected chi connectivity index (χ1v) is 9.10. The maximum Gasteiger partial charge on any atom is 0.167 e. The number of rotatable bonds is 6. The summed E-state index contributed by atoms with van der Waals surface area (Å²) in [5.41, 5.74) is 7.50. The first kappa shape index (κ1) is 20.8. The van der Waals surface area contributed by atoms with Crippen molar-refractivity contribution in [2.24, 2.45) is 4.99 Å². The molecule has 6 nitrogen and oxygen atoms in total. The largest absolute Gasteiger partial charge is 0.261 e. The van der Waals surface area contributed by atoms with Gasteiger partial charge in [-0.1, -0.05) is 19.1 Å². The summed E-state index contributed by atoms with van der Waals surface area (Å²) >= 11 is 0. The molecular formula is C21H21ClFN5O. The van der Waals surface area contributed by atoms with E-state index in [2.05, 4.69) is 27.4 Å². The van der Waals surface area contributed by atoms with Crippen LogP contribution in [0.1, 0.15) is 41.1 Å². The van der Waals surface area contributed by atoms with Gasteiger partial charge in [0.15, 0.2) is 12.6 Å². The SMILES string of the molecule is C[C@H](Cc1cc(C2=NCON2)cc(Cc2cnccn2)n1)c1ccc(F)cc1.Cl. The fourth-order valence-corrected chi connectivity index (χ4v) is 3.19. The lowest BCUT2D eigenvalue weighted by molar-refractivity contribution is 0.115. The van der Waals surface area contributed by atoms with Gasteiger partial charge in [-0.3, -0.25) is 19.8 Å². The van der Waals surface area contributed by atoms with Crippen LogP contribution in [0.25, 0.3) is 0 Å². The minimum atomic E-state index is -0.229. The van der Waals surface area contributed by atoms with Crippen LogP contribution in [0.3, 0.4) is 0 Å². The number of aliphatic imine (C=N–C) groups is 1. The fourth-order valence-electron chi connectivity index (χ4n) is 3.19. The standard InChI is InChI=1S/C21H20FN5O.ClH/c1-14(15-2-4-17(22)5-3-15)8-18-9-16(21-25-13-28-27-21)10-19(26-18)11-20-12-23-6-7-24-20;/h2-7,9-10,12,14H,8,11,13H2,1H3,(H,25,27);1H/t14-;/m1./s1. The average Bonchev–Trinajstić information content (AvgIpc) is 3.24. The quantitative estimate of drug-likeness (QED) is 0.668. The third kappa shape index (κ3) is 5.34. The van der Waals surface area contributed by atoms with Crippen molar-refractivity contribution >= 4 is 18.2 Å². The summed E-state index contributed by atoms with van der Waals surface area (Å²) in [6.45, 7) is 2.40. The molecule has 0 fully saturated rings. The molecule has 3 aromatic rings. The van der Waals surface area contributed by atoms with Crippen molar-refractivity contribution in [3.05, 3.63) is 89.0 Å². The second kappa shape index (κ2) is 9.54. The van der Waals surface area contributed by atoms with Crippen molar-refractivity contribution in [1.29, 1.82) is 0 Å². The Labute approximate surface area is 174 Å². The maximum absolute atomic E-state index is 13.2. The van der Waals surface area contributed by atoms with Gasteiger partial charge in [0.25, 0.3) is 0 Å². The zero-order valence-electron chi connectivity index (χ0n) is 15.9. The van der Waals surface area contributed by atoms with Crippen LogP contribution in [0, 0.1) is 5.82 Å². The van der Waals surface area contributed by atoms with E-state index in [1.54, 1.807) is 18.6 Å². The molecule has 4 rings (SSSR count). The first-order chi connectivity index (χ1) is 13.7. The minimum absolute atomic E-state index is 0. The van der Waals surface area contributed by atoms with Crippen molar-refractivity contribution in [3.8, 4) is 0 Å². The van der Waals surface area contributed by atoms with E-state index in [0.717, 1.165) is 34.6 Å². The van der Waals surface area contributed by atoms with E-state index < -0.39 is 0 Å². The molecule has 0 spiro atoms. The molecule has 3 heterocycles. The molecule has 0 aliphatic carbocycles. The lowest BCUT2D eigenvalue weighted by atomic mass is 9.95. The second-order valence-corrected chi connectivity index (χ2v) is 6.75. The summed E-state index contributed by atoms with van der Waals surface area (Å²) in [4.78, 5) is 22.7. The molecule has 0 bridgehead atoms. The highest BCUT2D eigenvalue weighted by molar-refractivity contribution is 5.98. The van der Waals surface area contributed by atoms with Crippen LogP contribution in [0.15, 0.2) is 60.0 Å². The first-order valence-electron chi connectivity index (χ1n) is 9.10. The highest BCUT2D eigenvalue weighted by Gasteiger charge is 2.15. The Hall–Kier alpha value is -2.90. The predicted octanol–water partition coefficient (Wildman–Crippen LogP) is 3.61. The zero-order chi connectivity index (χ0) is 19.3. The Balaban J connectivity index is 0.00000240. The summed E-state index contributed by atoms with van der Waals surface area (Å²) in [6.07, 6.45) is 6.36. The van der Waals surface area contributed by atoms with Crippen molar-refractivity contribution in [1.82, 2.24) is 20.4 Å². The van der Waals surface area contributed by atoms with Crippen molar-refractivity contribution < 1.29 is 9.23 Å². The van der Waals surface area contributed by atoms with Crippen LogP contribution >= 0.6 is 12.4 Å². The number of nitrogens with zero attached hydrogens (tertiary/aromatic N) is 4. The van der Waals surface area contributed by atoms with Gasteiger partial charge in [0.1, 0.15) is 5.82 Å². The number of nitrogens with one attached hydrogen (secondary N) is 1. The minimum Gasteiger partial charge on any atom is -0.261 e. The molecule has 1 aromatic carbocycles. The van der Waals surface area contributed by atoms with Crippen molar-refractivity contribution in [2.75, 3.05) is 6.73 Å². The normalized spacial score (nSPS) is 13.9. The molecule has 0 saturated carbocycles. The monoisotopic (exact) mass is 413 g/mol. The molecule has 0 amide bonds. The average molecular weight is 414 g/mol. The van der Waals surface area contributed by atoms with E-state index in [9.17, 15) is 4.39 Å². The molecule has 1 atom stereocenters. The number of aromatic nitrogens is 3. The maximum atomic E-state index is 13.2. The highest BCUT2D eigenvalue weighted by Crippen LogP contribution is 2.22. The van der Waals surface area contributed by atoms with Gasteiger partial charge in [-0.25, -0.2) is 14.9 Å². The second-order valence-electron chi connectivity index (χ2n) is 6.75. The van der Waals surface area contributed by atoms with E-state index in [-0.39, 0.29) is 24.1 Å². The molecule has 0 saturated heterocycles. The smallest absolute Gasteiger partial charge is 0.167 e. The van der Waals surface area contributed by atoms with E-state index in [0.29, 0.717) is 19.0 Å². The van der Waals surface area contributed by atoms with Gasteiger partial charge in [0.2, 0.25) is 0 Å². The summed E-state index contributed by atoms with van der Waals surface area (Å²) in [5, 5.41) is 0. The molecule has 150 valence electrons. The molecule has 29 heavy (non-hydrogen) atoms. The van der Waals surface area contributed by atoms with E-state index in [1.807, 2.05) is 24.3 Å². The van der Waals surface area contributed by atoms with Crippen molar-refractivity contribution in [2.45, 2.75) is 25.7 Å². The highest BCUT2D eigenvalue weighted by atomic mass is 35.5. The Morgan fingerprint density at radius 1 is 1.10 bits per heavy atom. The molecular weight excluding hydrogens is 393 g/mol. The van der Waals surface area contributed by atoms with Gasteiger partial charge in [-0.05, 0) is 42.2 Å². The van der Waals surface area contributed by atoms with Gasteiger partial charge in [-0.15, -0.1) is 12.4 Å². The summed E-state index contributed by atoms with van der Waals surface area (Å²) in [6, 6.07) is 10.6. The Bertz CT molecular complexity index is 982. The van der Waals surface area contributed by atoms with Gasteiger partial charge < -0.3 is 0 Å². The van der Waals surface area contributed by atoms with Crippen LogP contribution in [0.2, 0.25) is 0 Å². The molecule has 8 heteroatoms. The fraction of sp³-hybridized carbons (Fsp3) is 0.238. The molecule has 1 aliphatic heterocycles. The van der Waals surface area contributed by atoms with Crippen LogP contribution in [-0.2, 0) is 17.7 Å². The van der Waals surface area contributed by atoms with E-state index >= 15 is 0 Å². The van der Waals surface area contributed by atoms with Crippen LogP contribution in [-0.4, -0.2) is 27.5 Å². The third-order valence-electron chi connectivity index (χ3n) is 4.59. The molecule has 1 aliphatic rings. The molecule has 1 N–H and O–H groups in total. The Kier molecular flexibility index (Phi) is 6.85. The Morgan fingerprint density at radius 3 is 2.59 bits per heavy atom. The predicted molar refractivity (Wildman–Crippen MR) is 110 cm³/mol. The van der Waals surface area contributed by atoms with Gasteiger partial charge in [0, 0.05) is 42.0 Å². The molecule has 2 aromatic heterocycles. The lowest BCUT2D eigenvalue weighted by Crippen LogP contribution is -2.19. The Morgan fingerprint density at radius 2 is 1.90 bits per heavy atom. The number of hydroxylamine groups is 1. The number of hydrogen-bond acceptors (Lipinski definition) is 6. The lowest BCUT2D eigenvalue weighted by Gasteiger charge is -2.14. The number of amidine groups is 1. The molecule has 0 unspecified atom stereocenters. The topological polar surface area (TPSA) is 72.3 Å². The summed E-state index contributed by atoms with van der Waals surface area (Å²) < 4.78 is 13.2. The summed E-state index contributed by atoms with van der Waals surface area (Å²) in [5.74, 6) is 0.661. The number of pyridine rings is 1. The number of benzene rings is 1. The summed E-state index contributed by atoms with van der Waals surface area (Å²) in [7, 11) is 0. The van der Waals surface area contributed by atoms with Crippen LogP contribution < -0.4 is 5.48 Å². The third-order valence-corrected chi connectivity index (χ3v) is 4.59. The van der Waals surface area contributed by atoms with Gasteiger partial charge >= 0.3 is 0 Å². The van der Waals surface area contributed by atoms with E-state index in [4.69, 9.17) is 9.82 Å². The number of hydrogen-bond donors (Lipinski definition) is 1. The number of halogens is 2. The van der Waals surface area contributed by atoms with Crippen LogP contribution in [0.4, 0.5) is 4.39 Å².